The van der Waals surface area contributed by atoms with Crippen molar-refractivity contribution in [3.8, 4) is 22.3 Å². The Morgan fingerprint density at radius 2 is 1.72 bits per heavy atom. The average molecular weight is 423 g/mol. The van der Waals surface area contributed by atoms with Gasteiger partial charge >= 0.3 is 0 Å². The van der Waals surface area contributed by atoms with Gasteiger partial charge in [-0.25, -0.2) is 13.9 Å². The fourth-order valence-electron chi connectivity index (χ4n) is 4.63. The van der Waals surface area contributed by atoms with Crippen molar-refractivity contribution < 1.29 is 4.39 Å². The van der Waals surface area contributed by atoms with Gasteiger partial charge in [-0.3, -0.25) is 4.98 Å². The van der Waals surface area contributed by atoms with E-state index in [9.17, 15) is 4.39 Å². The molecule has 6 rings (SSSR count). The molecule has 158 valence electrons. The van der Waals surface area contributed by atoms with Gasteiger partial charge in [0.25, 0.3) is 0 Å². The summed E-state index contributed by atoms with van der Waals surface area (Å²) in [5.74, 6) is -0.186. The molecule has 1 aliphatic rings. The van der Waals surface area contributed by atoms with Crippen LogP contribution in [0.3, 0.4) is 0 Å². The van der Waals surface area contributed by atoms with Crippen LogP contribution < -0.4 is 4.90 Å². The summed E-state index contributed by atoms with van der Waals surface area (Å²) in [6.45, 7) is 1.84. The highest BCUT2D eigenvalue weighted by Crippen LogP contribution is 2.32. The van der Waals surface area contributed by atoms with E-state index in [2.05, 4.69) is 32.1 Å². The van der Waals surface area contributed by atoms with Crippen molar-refractivity contribution in [3.63, 3.8) is 0 Å². The number of hydrogen-bond acceptors (Lipinski definition) is 4. The van der Waals surface area contributed by atoms with Gasteiger partial charge in [0.15, 0.2) is 5.65 Å². The van der Waals surface area contributed by atoms with E-state index in [4.69, 9.17) is 0 Å². The number of benzene rings is 2. The molecule has 5 aromatic rings. The molecule has 4 heterocycles. The highest BCUT2D eigenvalue weighted by molar-refractivity contribution is 5.97. The number of hydrogen-bond donors (Lipinski definition) is 0. The standard InChI is InChI=1S/C26H22FN5/c27-23-14-18(9-10-25(23)31-12-2-1-3-13-31)19-15-29-26-22(16-30-32(26)17-19)20-6-4-8-24-21(20)7-5-11-28-24/h4-11,14-17H,1-3,12-13H2. The lowest BCUT2D eigenvalue weighted by Crippen LogP contribution is -2.30. The van der Waals surface area contributed by atoms with Crippen LogP contribution in [0.2, 0.25) is 0 Å². The van der Waals surface area contributed by atoms with Crippen molar-refractivity contribution in [1.29, 1.82) is 0 Å². The summed E-state index contributed by atoms with van der Waals surface area (Å²) in [4.78, 5) is 11.3. The molecule has 5 nitrogen and oxygen atoms in total. The molecule has 0 bridgehead atoms. The first-order chi connectivity index (χ1) is 15.8. The Balaban J connectivity index is 1.38. The minimum Gasteiger partial charge on any atom is -0.369 e. The van der Waals surface area contributed by atoms with Crippen LogP contribution in [0.25, 0.3) is 38.8 Å². The SMILES string of the molecule is Fc1cc(-c2cnc3c(-c4cccc5ncccc45)cnn3c2)ccc1N1CCCCC1. The topological polar surface area (TPSA) is 46.3 Å². The maximum Gasteiger partial charge on any atom is 0.162 e. The number of halogens is 1. The van der Waals surface area contributed by atoms with Gasteiger partial charge in [-0.05, 0) is 54.7 Å². The van der Waals surface area contributed by atoms with Crippen LogP contribution in [0.5, 0.6) is 0 Å². The molecule has 1 aliphatic heterocycles. The lowest BCUT2D eigenvalue weighted by molar-refractivity contribution is 0.557. The normalized spacial score (nSPS) is 14.3. The van der Waals surface area contributed by atoms with Gasteiger partial charge in [0.1, 0.15) is 5.82 Å². The fraction of sp³-hybridized carbons (Fsp3) is 0.192. The zero-order valence-electron chi connectivity index (χ0n) is 17.6. The second-order valence-electron chi connectivity index (χ2n) is 8.26. The maximum atomic E-state index is 14.9. The van der Waals surface area contributed by atoms with Gasteiger partial charge in [0.2, 0.25) is 0 Å². The van der Waals surface area contributed by atoms with E-state index in [1.54, 1.807) is 23.0 Å². The van der Waals surface area contributed by atoms with Gasteiger partial charge in [0.05, 0.1) is 17.4 Å². The number of anilines is 1. The van der Waals surface area contributed by atoms with Crippen molar-refractivity contribution in [2.75, 3.05) is 18.0 Å². The van der Waals surface area contributed by atoms with Gasteiger partial charge in [0, 0.05) is 48.2 Å². The first-order valence-corrected chi connectivity index (χ1v) is 11.0. The van der Waals surface area contributed by atoms with E-state index >= 15 is 0 Å². The van der Waals surface area contributed by atoms with E-state index in [0.717, 1.165) is 64.7 Å². The zero-order valence-corrected chi connectivity index (χ0v) is 17.6. The van der Waals surface area contributed by atoms with Gasteiger partial charge < -0.3 is 4.90 Å². The van der Waals surface area contributed by atoms with Crippen molar-refractivity contribution in [2.45, 2.75) is 19.3 Å². The molecule has 0 N–H and O–H groups in total. The second kappa shape index (κ2) is 7.71. The monoisotopic (exact) mass is 423 g/mol. The summed E-state index contributed by atoms with van der Waals surface area (Å²) in [5.41, 5.74) is 6.00. The summed E-state index contributed by atoms with van der Waals surface area (Å²) in [7, 11) is 0. The quantitative estimate of drug-likeness (QED) is 0.371. The molecule has 0 atom stereocenters. The molecule has 1 fully saturated rings. The fourth-order valence-corrected chi connectivity index (χ4v) is 4.63. The Labute approximate surface area is 185 Å². The molecule has 0 saturated carbocycles. The van der Waals surface area contributed by atoms with E-state index in [-0.39, 0.29) is 5.82 Å². The van der Waals surface area contributed by atoms with Gasteiger partial charge in [-0.1, -0.05) is 24.3 Å². The number of pyridine rings is 1. The number of rotatable bonds is 3. The van der Waals surface area contributed by atoms with Crippen LogP contribution in [0.15, 0.2) is 73.3 Å². The van der Waals surface area contributed by atoms with E-state index < -0.39 is 0 Å². The van der Waals surface area contributed by atoms with Crippen molar-refractivity contribution in [1.82, 2.24) is 19.6 Å². The highest BCUT2D eigenvalue weighted by Gasteiger charge is 2.16. The molecule has 2 aromatic carbocycles. The molecule has 0 unspecified atom stereocenters. The van der Waals surface area contributed by atoms with Crippen LogP contribution >= 0.6 is 0 Å². The van der Waals surface area contributed by atoms with Crippen LogP contribution in [0.4, 0.5) is 10.1 Å². The molecule has 3 aromatic heterocycles. The molecule has 0 aliphatic carbocycles. The predicted octanol–water partition coefficient (Wildman–Crippen LogP) is 5.74. The summed E-state index contributed by atoms with van der Waals surface area (Å²) >= 11 is 0. The third kappa shape index (κ3) is 3.19. The third-order valence-electron chi connectivity index (χ3n) is 6.27. The molecule has 0 spiro atoms. The number of piperidine rings is 1. The minimum absolute atomic E-state index is 0.186. The average Bonchev–Trinajstić information content (AvgIpc) is 3.27. The first-order valence-electron chi connectivity index (χ1n) is 11.0. The van der Waals surface area contributed by atoms with Crippen LogP contribution in [-0.2, 0) is 0 Å². The zero-order chi connectivity index (χ0) is 21.5. The van der Waals surface area contributed by atoms with Crippen molar-refractivity contribution in [3.05, 3.63) is 79.1 Å². The molecule has 1 saturated heterocycles. The lowest BCUT2D eigenvalue weighted by atomic mass is 10.0. The third-order valence-corrected chi connectivity index (χ3v) is 6.27. The molecule has 0 radical (unpaired) electrons. The minimum atomic E-state index is -0.186. The number of nitrogens with zero attached hydrogens (tertiary/aromatic N) is 5. The molecule has 6 heteroatoms. The van der Waals surface area contributed by atoms with Gasteiger partial charge in [-0.15, -0.1) is 0 Å². The number of aromatic nitrogens is 4. The first kappa shape index (κ1) is 18.9. The van der Waals surface area contributed by atoms with Gasteiger partial charge in [-0.2, -0.15) is 5.10 Å². The Morgan fingerprint density at radius 1 is 0.812 bits per heavy atom. The highest BCUT2D eigenvalue weighted by atomic mass is 19.1. The van der Waals surface area contributed by atoms with E-state index in [0.29, 0.717) is 5.69 Å². The van der Waals surface area contributed by atoms with E-state index in [1.807, 2.05) is 42.7 Å². The lowest BCUT2D eigenvalue weighted by Gasteiger charge is -2.29. The molecule has 32 heavy (non-hydrogen) atoms. The summed E-state index contributed by atoms with van der Waals surface area (Å²) < 4.78 is 16.7. The summed E-state index contributed by atoms with van der Waals surface area (Å²) in [6, 6.07) is 15.5. The van der Waals surface area contributed by atoms with Crippen molar-refractivity contribution >= 4 is 22.2 Å². The Morgan fingerprint density at radius 3 is 2.59 bits per heavy atom. The van der Waals surface area contributed by atoms with E-state index in [1.165, 1.54) is 6.42 Å². The molecular weight excluding hydrogens is 401 g/mol. The Kier molecular flexibility index (Phi) is 4.56. The summed E-state index contributed by atoms with van der Waals surface area (Å²) in [6.07, 6.45) is 10.8. The second-order valence-corrected chi connectivity index (χ2v) is 8.26. The molecule has 0 amide bonds. The van der Waals surface area contributed by atoms with Crippen molar-refractivity contribution in [2.24, 2.45) is 0 Å². The van der Waals surface area contributed by atoms with Crippen LogP contribution in [0, 0.1) is 5.82 Å². The molecular formula is C26H22FN5. The van der Waals surface area contributed by atoms with Crippen LogP contribution in [0.1, 0.15) is 19.3 Å². The maximum absolute atomic E-state index is 14.9. The Bertz CT molecular complexity index is 1430. The smallest absolute Gasteiger partial charge is 0.162 e. The number of fused-ring (bicyclic) bond motifs is 2. The predicted molar refractivity (Wildman–Crippen MR) is 125 cm³/mol. The largest absolute Gasteiger partial charge is 0.369 e. The Hall–Kier alpha value is -3.80. The summed E-state index contributed by atoms with van der Waals surface area (Å²) in [5, 5.41) is 5.59. The van der Waals surface area contributed by atoms with Crippen LogP contribution in [-0.4, -0.2) is 32.7 Å².